The van der Waals surface area contributed by atoms with Crippen molar-refractivity contribution >= 4 is 0 Å². The minimum Gasteiger partial charge on any atom is -0.304 e. The van der Waals surface area contributed by atoms with Gasteiger partial charge in [-0.3, -0.25) is 4.90 Å². The van der Waals surface area contributed by atoms with Gasteiger partial charge in [-0.15, -0.1) is 0 Å². The molecule has 2 heteroatoms. The van der Waals surface area contributed by atoms with E-state index in [1.54, 1.807) is 5.57 Å². The van der Waals surface area contributed by atoms with Crippen LogP contribution in [-0.2, 0) is 6.54 Å². The summed E-state index contributed by atoms with van der Waals surface area (Å²) >= 11 is 0. The summed E-state index contributed by atoms with van der Waals surface area (Å²) in [6.07, 6.45) is 7.89. The first-order chi connectivity index (χ1) is 10.8. The Hall–Kier alpha value is -1.12. The molecule has 0 saturated carbocycles. The van der Waals surface area contributed by atoms with Crippen molar-refractivity contribution in [2.45, 2.75) is 58.2 Å². The topological polar surface area (TPSA) is 6.48 Å². The monoisotopic (exact) mass is 298 g/mol. The van der Waals surface area contributed by atoms with Gasteiger partial charge in [0.15, 0.2) is 0 Å². The Labute approximate surface area is 135 Å². The van der Waals surface area contributed by atoms with Gasteiger partial charge in [-0.1, -0.05) is 55.8 Å². The molecule has 1 fully saturated rings. The highest BCUT2D eigenvalue weighted by Crippen LogP contribution is 2.36. The van der Waals surface area contributed by atoms with Crippen molar-refractivity contribution in [3.8, 4) is 0 Å². The third kappa shape index (κ3) is 3.61. The zero-order chi connectivity index (χ0) is 15.4. The maximum atomic E-state index is 2.73. The third-order valence-electron chi connectivity index (χ3n) is 5.47. The first-order valence-electron chi connectivity index (χ1n) is 9.01. The van der Waals surface area contributed by atoms with E-state index in [2.05, 4.69) is 60.1 Å². The fourth-order valence-electron chi connectivity index (χ4n) is 4.07. The molecular formula is C20H30N2. The van der Waals surface area contributed by atoms with Crippen LogP contribution >= 0.6 is 0 Å². The van der Waals surface area contributed by atoms with Crippen molar-refractivity contribution in [2.75, 3.05) is 19.6 Å². The molecular weight excluding hydrogens is 268 g/mol. The summed E-state index contributed by atoms with van der Waals surface area (Å²) in [6, 6.07) is 12.4. The quantitative estimate of drug-likeness (QED) is 0.700. The highest BCUT2D eigenvalue weighted by Gasteiger charge is 2.35. The molecule has 0 aliphatic carbocycles. The number of hydrogen-bond acceptors (Lipinski definition) is 2. The van der Waals surface area contributed by atoms with E-state index >= 15 is 0 Å². The Kier molecular flexibility index (Phi) is 5.32. The number of hydrogen-bond donors (Lipinski definition) is 0. The Bertz CT molecular complexity index is 490. The summed E-state index contributed by atoms with van der Waals surface area (Å²) in [5.74, 6) is 0. The average molecular weight is 298 g/mol. The second-order valence-electron chi connectivity index (χ2n) is 6.76. The van der Waals surface area contributed by atoms with Gasteiger partial charge in [-0.05, 0) is 44.3 Å². The number of benzene rings is 1. The van der Waals surface area contributed by atoms with E-state index in [1.165, 1.54) is 50.9 Å². The molecule has 0 radical (unpaired) electrons. The smallest absolute Gasteiger partial charge is 0.0288 e. The predicted molar refractivity (Wildman–Crippen MR) is 93.9 cm³/mol. The summed E-state index contributed by atoms with van der Waals surface area (Å²) in [5.41, 5.74) is 3.17. The van der Waals surface area contributed by atoms with Crippen molar-refractivity contribution in [2.24, 2.45) is 0 Å². The highest BCUT2D eigenvalue weighted by atomic mass is 15.2. The molecule has 1 aromatic rings. The van der Waals surface area contributed by atoms with Crippen LogP contribution in [0.2, 0.25) is 0 Å². The van der Waals surface area contributed by atoms with Crippen molar-refractivity contribution in [1.29, 1.82) is 0 Å². The Morgan fingerprint density at radius 1 is 1.09 bits per heavy atom. The van der Waals surface area contributed by atoms with Crippen LogP contribution in [0.3, 0.4) is 0 Å². The van der Waals surface area contributed by atoms with Gasteiger partial charge in [-0.2, -0.15) is 0 Å². The molecule has 2 aliphatic heterocycles. The molecule has 2 aliphatic rings. The molecule has 2 unspecified atom stereocenters. The molecule has 3 rings (SSSR count). The van der Waals surface area contributed by atoms with Crippen molar-refractivity contribution in [1.82, 2.24) is 9.80 Å². The molecule has 2 heterocycles. The average Bonchev–Trinajstić information content (AvgIpc) is 2.79. The van der Waals surface area contributed by atoms with Crippen LogP contribution in [0.1, 0.15) is 45.1 Å². The lowest BCUT2D eigenvalue weighted by molar-refractivity contribution is 0.192. The van der Waals surface area contributed by atoms with Gasteiger partial charge in [0.05, 0.1) is 0 Å². The highest BCUT2D eigenvalue weighted by molar-refractivity contribution is 5.21. The fraction of sp³-hybridized carbons (Fsp3) is 0.600. The fourth-order valence-corrected chi connectivity index (χ4v) is 4.07. The summed E-state index contributed by atoms with van der Waals surface area (Å²) in [5, 5.41) is 0. The van der Waals surface area contributed by atoms with Crippen LogP contribution < -0.4 is 0 Å². The van der Waals surface area contributed by atoms with Crippen molar-refractivity contribution in [3.05, 3.63) is 47.5 Å². The van der Waals surface area contributed by atoms with E-state index in [0.29, 0.717) is 6.04 Å². The van der Waals surface area contributed by atoms with E-state index in [0.717, 1.165) is 12.6 Å². The molecule has 0 aromatic heterocycles. The Morgan fingerprint density at radius 2 is 1.86 bits per heavy atom. The lowest BCUT2D eigenvalue weighted by atomic mass is 9.97. The van der Waals surface area contributed by atoms with Crippen LogP contribution in [0.4, 0.5) is 0 Å². The molecule has 2 nitrogen and oxygen atoms in total. The molecule has 0 N–H and O–H groups in total. The number of fused-ring (bicyclic) bond motifs is 2. The minimum atomic E-state index is 0.686. The first kappa shape index (κ1) is 15.8. The van der Waals surface area contributed by atoms with Gasteiger partial charge in [0, 0.05) is 25.2 Å². The standard InChI is InChI=1S/C20H30N2/c1-3-21(4-2)13-12-18-14-19-10-11-20(15-18)22(19)16-17-8-6-5-7-9-17/h5-9,14,19-20H,3-4,10-13,15-16H2,1-2H3. The van der Waals surface area contributed by atoms with Crippen LogP contribution in [0.5, 0.6) is 0 Å². The number of nitrogens with zero attached hydrogens (tertiary/aromatic N) is 2. The van der Waals surface area contributed by atoms with E-state index in [1.807, 2.05) is 0 Å². The molecule has 0 amide bonds. The largest absolute Gasteiger partial charge is 0.304 e. The van der Waals surface area contributed by atoms with Gasteiger partial charge >= 0.3 is 0 Å². The Balaban J connectivity index is 1.60. The lowest BCUT2D eigenvalue weighted by Crippen LogP contribution is -2.38. The third-order valence-corrected chi connectivity index (χ3v) is 5.47. The van der Waals surface area contributed by atoms with E-state index < -0.39 is 0 Å². The zero-order valence-electron chi connectivity index (χ0n) is 14.2. The molecule has 1 saturated heterocycles. The summed E-state index contributed by atoms with van der Waals surface area (Å²) < 4.78 is 0. The van der Waals surface area contributed by atoms with Crippen LogP contribution in [0.15, 0.2) is 42.0 Å². The number of rotatable bonds is 7. The molecule has 2 atom stereocenters. The maximum absolute atomic E-state index is 2.73. The SMILES string of the molecule is CCN(CC)CCC1=CC2CCC(C1)N2Cc1ccccc1. The normalized spacial score (nSPS) is 24.8. The predicted octanol–water partition coefficient (Wildman–Crippen LogP) is 4.08. The van der Waals surface area contributed by atoms with Crippen LogP contribution in [-0.4, -0.2) is 41.5 Å². The molecule has 2 bridgehead atoms. The van der Waals surface area contributed by atoms with Gasteiger partial charge in [0.1, 0.15) is 0 Å². The van der Waals surface area contributed by atoms with Crippen molar-refractivity contribution < 1.29 is 0 Å². The van der Waals surface area contributed by atoms with E-state index in [-0.39, 0.29) is 0 Å². The van der Waals surface area contributed by atoms with Gasteiger partial charge < -0.3 is 4.90 Å². The molecule has 120 valence electrons. The van der Waals surface area contributed by atoms with Crippen LogP contribution in [0, 0.1) is 0 Å². The van der Waals surface area contributed by atoms with Gasteiger partial charge in [0.2, 0.25) is 0 Å². The minimum absolute atomic E-state index is 0.686. The molecule has 0 spiro atoms. The van der Waals surface area contributed by atoms with Crippen LogP contribution in [0.25, 0.3) is 0 Å². The Morgan fingerprint density at radius 3 is 2.55 bits per heavy atom. The van der Waals surface area contributed by atoms with Crippen molar-refractivity contribution in [3.63, 3.8) is 0 Å². The second kappa shape index (κ2) is 7.43. The summed E-state index contributed by atoms with van der Waals surface area (Å²) in [7, 11) is 0. The summed E-state index contributed by atoms with van der Waals surface area (Å²) in [4.78, 5) is 5.27. The van der Waals surface area contributed by atoms with Gasteiger partial charge in [0.25, 0.3) is 0 Å². The molecule has 1 aromatic carbocycles. The maximum Gasteiger partial charge on any atom is 0.0288 e. The van der Waals surface area contributed by atoms with Gasteiger partial charge in [-0.25, -0.2) is 0 Å². The van der Waals surface area contributed by atoms with E-state index in [4.69, 9.17) is 0 Å². The van der Waals surface area contributed by atoms with E-state index in [9.17, 15) is 0 Å². The summed E-state index contributed by atoms with van der Waals surface area (Å²) in [6.45, 7) is 9.24. The second-order valence-corrected chi connectivity index (χ2v) is 6.76. The zero-order valence-corrected chi connectivity index (χ0v) is 14.2. The first-order valence-corrected chi connectivity index (χ1v) is 9.01. The molecule has 22 heavy (non-hydrogen) atoms. The lowest BCUT2D eigenvalue weighted by Gasteiger charge is -2.34.